The first kappa shape index (κ1) is 14.2. The number of fused-ring (bicyclic) bond motifs is 1. The van der Waals surface area contributed by atoms with Crippen molar-refractivity contribution in [1.29, 1.82) is 0 Å². The second-order valence-electron chi connectivity index (χ2n) is 4.83. The van der Waals surface area contributed by atoms with Crippen molar-refractivity contribution >= 4 is 26.9 Å². The molecule has 1 aromatic carbocycles. The normalized spacial score (nSPS) is 13.0. The first-order chi connectivity index (χ1) is 10.0. The Kier molecular flexibility index (Phi) is 3.56. The molecule has 0 saturated carbocycles. The summed E-state index contributed by atoms with van der Waals surface area (Å²) in [5.74, 6) is 6.05. The summed E-state index contributed by atoms with van der Waals surface area (Å²) in [7, 11) is 1.82. The highest BCUT2D eigenvalue weighted by molar-refractivity contribution is 9.10. The van der Waals surface area contributed by atoms with Crippen molar-refractivity contribution in [2.75, 3.05) is 0 Å². The number of furan rings is 1. The monoisotopic (exact) mass is 352 g/mol. The molecule has 0 spiro atoms. The van der Waals surface area contributed by atoms with Gasteiger partial charge >= 0.3 is 0 Å². The Balaban J connectivity index is 2.20. The number of benzene rings is 1. The second kappa shape index (κ2) is 5.25. The number of hydrazine groups is 1. The van der Waals surface area contributed by atoms with Gasteiger partial charge in [-0.05, 0) is 41.1 Å². The zero-order chi connectivity index (χ0) is 15.1. The fraction of sp³-hybridized carbons (Fsp3) is 0.214. The van der Waals surface area contributed by atoms with Crippen molar-refractivity contribution in [2.45, 2.75) is 13.0 Å². The first-order valence-corrected chi connectivity index (χ1v) is 7.14. The highest BCUT2D eigenvalue weighted by atomic mass is 79.9. The number of nitrogens with zero attached hydrogens (tertiary/aromatic N) is 2. The minimum atomic E-state index is -0.387. The summed E-state index contributed by atoms with van der Waals surface area (Å²) in [5, 5.41) is 4.92. The van der Waals surface area contributed by atoms with Crippen LogP contribution in [-0.4, -0.2) is 9.78 Å². The van der Waals surface area contributed by atoms with Gasteiger partial charge in [0.2, 0.25) is 0 Å². The number of hydrogen-bond donors (Lipinski definition) is 2. The van der Waals surface area contributed by atoms with E-state index >= 15 is 0 Å². The molecule has 0 bridgehead atoms. The molecule has 0 aliphatic heterocycles. The van der Waals surface area contributed by atoms with Gasteiger partial charge in [-0.3, -0.25) is 10.5 Å². The molecule has 0 fully saturated rings. The standard InChI is InChI=1S/C14H14BrFN4O/c1-7-9-5-8(16)3-4-11(9)21-14(7)12(19-17)13-10(15)6-18-20(13)2/h3-6,12,19H,17H2,1-2H3. The number of hydrogen-bond acceptors (Lipinski definition) is 4. The van der Waals surface area contributed by atoms with E-state index in [9.17, 15) is 4.39 Å². The van der Waals surface area contributed by atoms with Crippen LogP contribution in [0.3, 0.4) is 0 Å². The fourth-order valence-corrected chi connectivity index (χ4v) is 3.09. The fourth-order valence-electron chi connectivity index (χ4n) is 2.51. The van der Waals surface area contributed by atoms with Crippen molar-refractivity contribution in [3.05, 3.63) is 51.7 Å². The molecule has 3 rings (SSSR count). The van der Waals surface area contributed by atoms with Crippen LogP contribution >= 0.6 is 15.9 Å². The van der Waals surface area contributed by atoms with Crippen molar-refractivity contribution in [1.82, 2.24) is 15.2 Å². The lowest BCUT2D eigenvalue weighted by molar-refractivity contribution is 0.454. The number of aromatic nitrogens is 2. The highest BCUT2D eigenvalue weighted by Gasteiger charge is 2.26. The molecule has 7 heteroatoms. The Morgan fingerprint density at radius 3 is 2.86 bits per heavy atom. The molecule has 1 unspecified atom stereocenters. The van der Waals surface area contributed by atoms with E-state index in [0.717, 1.165) is 21.1 Å². The van der Waals surface area contributed by atoms with E-state index < -0.39 is 0 Å². The van der Waals surface area contributed by atoms with Gasteiger partial charge in [0.05, 0.1) is 16.4 Å². The minimum absolute atomic E-state index is 0.295. The van der Waals surface area contributed by atoms with Gasteiger partial charge < -0.3 is 4.42 Å². The van der Waals surface area contributed by atoms with Crippen LogP contribution in [0.5, 0.6) is 0 Å². The van der Waals surface area contributed by atoms with Crippen LogP contribution in [0, 0.1) is 12.7 Å². The Hall–Kier alpha value is -1.70. The van der Waals surface area contributed by atoms with Crippen LogP contribution in [0.1, 0.15) is 23.1 Å². The predicted octanol–water partition coefficient (Wildman–Crippen LogP) is 2.93. The lowest BCUT2D eigenvalue weighted by Gasteiger charge is -2.15. The van der Waals surface area contributed by atoms with E-state index in [-0.39, 0.29) is 11.9 Å². The lowest BCUT2D eigenvalue weighted by Crippen LogP contribution is -2.30. The molecule has 2 aromatic heterocycles. The summed E-state index contributed by atoms with van der Waals surface area (Å²) in [6.07, 6.45) is 1.69. The van der Waals surface area contributed by atoms with Crippen molar-refractivity contribution < 1.29 is 8.81 Å². The topological polar surface area (TPSA) is 69.0 Å². The largest absolute Gasteiger partial charge is 0.459 e. The van der Waals surface area contributed by atoms with E-state index in [2.05, 4.69) is 26.5 Å². The molecule has 21 heavy (non-hydrogen) atoms. The highest BCUT2D eigenvalue weighted by Crippen LogP contribution is 2.34. The van der Waals surface area contributed by atoms with Crippen molar-refractivity contribution in [2.24, 2.45) is 12.9 Å². The zero-order valence-electron chi connectivity index (χ0n) is 11.5. The molecule has 0 aliphatic rings. The van der Waals surface area contributed by atoms with E-state index in [1.54, 1.807) is 16.9 Å². The van der Waals surface area contributed by atoms with Gasteiger partial charge in [0, 0.05) is 18.0 Å². The van der Waals surface area contributed by atoms with Gasteiger partial charge in [0.25, 0.3) is 0 Å². The van der Waals surface area contributed by atoms with Gasteiger partial charge in [-0.2, -0.15) is 5.10 Å². The number of rotatable bonds is 3. The number of nitrogens with one attached hydrogen (secondary N) is 1. The van der Waals surface area contributed by atoms with Crippen LogP contribution in [-0.2, 0) is 7.05 Å². The quantitative estimate of drug-likeness (QED) is 0.561. The van der Waals surface area contributed by atoms with Crippen molar-refractivity contribution in [3.63, 3.8) is 0 Å². The predicted molar refractivity (Wildman–Crippen MR) is 81.0 cm³/mol. The number of halogens is 2. The summed E-state index contributed by atoms with van der Waals surface area (Å²) in [4.78, 5) is 0. The van der Waals surface area contributed by atoms with Gasteiger partial charge in [-0.25, -0.2) is 9.82 Å². The summed E-state index contributed by atoms with van der Waals surface area (Å²) in [6.45, 7) is 1.88. The summed E-state index contributed by atoms with van der Waals surface area (Å²) in [5.41, 5.74) is 5.05. The Morgan fingerprint density at radius 2 is 2.24 bits per heavy atom. The Labute approximate surface area is 129 Å². The number of nitrogens with two attached hydrogens (primary N) is 1. The second-order valence-corrected chi connectivity index (χ2v) is 5.69. The molecule has 0 aliphatic carbocycles. The maximum atomic E-state index is 13.4. The summed E-state index contributed by atoms with van der Waals surface area (Å²) < 4.78 is 21.8. The van der Waals surface area contributed by atoms with Crippen molar-refractivity contribution in [3.8, 4) is 0 Å². The molecule has 0 saturated heterocycles. The zero-order valence-corrected chi connectivity index (χ0v) is 13.1. The lowest BCUT2D eigenvalue weighted by atomic mass is 10.1. The van der Waals surface area contributed by atoms with Gasteiger partial charge in [0.15, 0.2) is 0 Å². The Morgan fingerprint density at radius 1 is 1.48 bits per heavy atom. The SMILES string of the molecule is Cc1c(C(NN)c2c(Br)cnn2C)oc2ccc(F)cc12. The molecule has 0 radical (unpaired) electrons. The molecule has 3 aromatic rings. The van der Waals surface area contributed by atoms with Gasteiger partial charge in [-0.1, -0.05) is 0 Å². The molecular formula is C14H14BrFN4O. The maximum Gasteiger partial charge on any atom is 0.134 e. The average Bonchev–Trinajstić information content (AvgIpc) is 2.95. The Bertz CT molecular complexity index is 791. The van der Waals surface area contributed by atoms with E-state index in [4.69, 9.17) is 10.3 Å². The number of aryl methyl sites for hydroxylation is 2. The molecular weight excluding hydrogens is 339 g/mol. The van der Waals surface area contributed by atoms with Crippen LogP contribution in [0.25, 0.3) is 11.0 Å². The third-order valence-electron chi connectivity index (χ3n) is 3.58. The third kappa shape index (κ3) is 2.27. The summed E-state index contributed by atoms with van der Waals surface area (Å²) >= 11 is 3.46. The van der Waals surface area contributed by atoms with E-state index in [1.807, 2.05) is 14.0 Å². The molecule has 0 amide bonds. The average molecular weight is 353 g/mol. The van der Waals surface area contributed by atoms with Gasteiger partial charge in [-0.15, -0.1) is 0 Å². The van der Waals surface area contributed by atoms with Crippen LogP contribution in [0.2, 0.25) is 0 Å². The van der Waals surface area contributed by atoms with Crippen LogP contribution in [0.4, 0.5) is 4.39 Å². The van der Waals surface area contributed by atoms with Crippen LogP contribution in [0.15, 0.2) is 33.3 Å². The van der Waals surface area contributed by atoms with Gasteiger partial charge in [0.1, 0.15) is 23.2 Å². The smallest absolute Gasteiger partial charge is 0.134 e. The molecule has 2 heterocycles. The molecule has 1 atom stereocenters. The van der Waals surface area contributed by atoms with E-state index in [1.165, 1.54) is 12.1 Å². The first-order valence-electron chi connectivity index (χ1n) is 6.35. The minimum Gasteiger partial charge on any atom is -0.459 e. The molecule has 3 N–H and O–H groups in total. The third-order valence-corrected chi connectivity index (χ3v) is 4.19. The molecule has 110 valence electrons. The maximum absolute atomic E-state index is 13.4. The molecule has 5 nitrogen and oxygen atoms in total. The van der Waals surface area contributed by atoms with Crippen LogP contribution < -0.4 is 11.3 Å². The van der Waals surface area contributed by atoms with E-state index in [0.29, 0.717) is 11.3 Å². The summed E-state index contributed by atoms with van der Waals surface area (Å²) in [6, 6.07) is 4.07.